The van der Waals surface area contributed by atoms with E-state index >= 15 is 0 Å². The van der Waals surface area contributed by atoms with Crippen LogP contribution in [0.25, 0.3) is 10.8 Å². The maximum Gasteiger partial charge on any atom is 0.339 e. The Morgan fingerprint density at radius 2 is 1.43 bits per heavy atom. The molecule has 1 atom stereocenters. The molecule has 0 aliphatic carbocycles. The second-order valence-corrected chi connectivity index (χ2v) is 6.14. The predicted octanol–water partition coefficient (Wildman–Crippen LogP) is 3.81. The second-order valence-electron chi connectivity index (χ2n) is 6.14. The summed E-state index contributed by atoms with van der Waals surface area (Å²) in [6.45, 7) is 1.47. The van der Waals surface area contributed by atoms with E-state index in [0.29, 0.717) is 5.69 Å². The molecule has 3 rings (SSSR count). The summed E-state index contributed by atoms with van der Waals surface area (Å²) in [5.41, 5.74) is 0.721. The highest BCUT2D eigenvalue weighted by Crippen LogP contribution is 2.19. The molecule has 0 heterocycles. The van der Waals surface area contributed by atoms with E-state index in [2.05, 4.69) is 10.1 Å². The van der Waals surface area contributed by atoms with Gasteiger partial charge < -0.3 is 14.8 Å². The van der Waals surface area contributed by atoms with Crippen molar-refractivity contribution >= 4 is 34.3 Å². The number of ether oxygens (including phenoxy) is 2. The van der Waals surface area contributed by atoms with Crippen molar-refractivity contribution in [2.45, 2.75) is 13.0 Å². The SMILES string of the molecule is COC(=O)c1ccccc1C(=O)OC(C)C(=O)Nc1ccc2ccccc2c1. The third-order valence-electron chi connectivity index (χ3n) is 4.22. The van der Waals surface area contributed by atoms with Crippen molar-refractivity contribution in [1.29, 1.82) is 0 Å². The van der Waals surface area contributed by atoms with E-state index in [1.54, 1.807) is 18.2 Å². The average molecular weight is 377 g/mol. The highest BCUT2D eigenvalue weighted by Gasteiger charge is 2.23. The van der Waals surface area contributed by atoms with Gasteiger partial charge in [-0.15, -0.1) is 0 Å². The first kappa shape index (κ1) is 19.1. The van der Waals surface area contributed by atoms with Crippen LogP contribution in [0.4, 0.5) is 5.69 Å². The summed E-state index contributed by atoms with van der Waals surface area (Å²) in [5.74, 6) is -1.90. The molecule has 1 amide bonds. The first-order valence-electron chi connectivity index (χ1n) is 8.67. The fourth-order valence-corrected chi connectivity index (χ4v) is 2.74. The van der Waals surface area contributed by atoms with Crippen LogP contribution in [0.2, 0.25) is 0 Å². The molecule has 1 N–H and O–H groups in total. The molecule has 142 valence electrons. The molecule has 3 aromatic rings. The maximum atomic E-state index is 12.4. The highest BCUT2D eigenvalue weighted by atomic mass is 16.5. The van der Waals surface area contributed by atoms with E-state index in [1.807, 2.05) is 36.4 Å². The van der Waals surface area contributed by atoms with Gasteiger partial charge in [0.25, 0.3) is 5.91 Å². The molecule has 0 aliphatic rings. The molecule has 0 saturated heterocycles. The molecule has 0 fully saturated rings. The Labute approximate surface area is 162 Å². The normalized spacial score (nSPS) is 11.5. The number of amides is 1. The monoisotopic (exact) mass is 377 g/mol. The van der Waals surface area contributed by atoms with Crippen molar-refractivity contribution in [1.82, 2.24) is 0 Å². The molecule has 6 nitrogen and oxygen atoms in total. The summed E-state index contributed by atoms with van der Waals surface area (Å²) in [5, 5.41) is 4.77. The van der Waals surface area contributed by atoms with Crippen LogP contribution >= 0.6 is 0 Å². The van der Waals surface area contributed by atoms with Crippen molar-refractivity contribution in [2.24, 2.45) is 0 Å². The largest absolute Gasteiger partial charge is 0.465 e. The van der Waals surface area contributed by atoms with Gasteiger partial charge in [0.2, 0.25) is 0 Å². The van der Waals surface area contributed by atoms with Crippen molar-refractivity contribution in [2.75, 3.05) is 12.4 Å². The first-order chi connectivity index (χ1) is 13.5. The Balaban J connectivity index is 1.70. The molecule has 0 aromatic heterocycles. The van der Waals surface area contributed by atoms with Gasteiger partial charge in [-0.05, 0) is 42.0 Å². The quantitative estimate of drug-likeness (QED) is 0.684. The molecular weight excluding hydrogens is 358 g/mol. The number of carbonyl (C=O) groups excluding carboxylic acids is 3. The summed E-state index contributed by atoms with van der Waals surface area (Å²) in [7, 11) is 1.23. The number of rotatable bonds is 5. The van der Waals surface area contributed by atoms with E-state index in [1.165, 1.54) is 26.2 Å². The van der Waals surface area contributed by atoms with Gasteiger partial charge in [0.1, 0.15) is 0 Å². The molecule has 0 aliphatic heterocycles. The summed E-state index contributed by atoms with van der Waals surface area (Å²) < 4.78 is 9.90. The van der Waals surface area contributed by atoms with Gasteiger partial charge in [0.15, 0.2) is 6.10 Å². The summed E-state index contributed by atoms with van der Waals surface area (Å²) in [6.07, 6.45) is -1.05. The Kier molecular flexibility index (Phi) is 5.69. The Hall–Kier alpha value is -3.67. The van der Waals surface area contributed by atoms with E-state index in [9.17, 15) is 14.4 Å². The fraction of sp³-hybridized carbons (Fsp3) is 0.136. The molecule has 1 unspecified atom stereocenters. The molecule has 3 aromatic carbocycles. The number of hydrogen-bond acceptors (Lipinski definition) is 5. The standard InChI is InChI=1S/C22H19NO5/c1-14(28-22(26)19-10-6-5-9-18(19)21(25)27-2)20(24)23-17-12-11-15-7-3-4-8-16(15)13-17/h3-14H,1-2H3,(H,23,24). The number of fused-ring (bicyclic) bond motifs is 1. The highest BCUT2D eigenvalue weighted by molar-refractivity contribution is 6.04. The van der Waals surface area contributed by atoms with Crippen molar-refractivity contribution in [3.05, 3.63) is 77.9 Å². The number of hydrogen-bond donors (Lipinski definition) is 1. The summed E-state index contributed by atoms with van der Waals surface area (Å²) >= 11 is 0. The smallest absolute Gasteiger partial charge is 0.339 e. The Morgan fingerprint density at radius 3 is 2.11 bits per heavy atom. The van der Waals surface area contributed by atoms with Crippen molar-refractivity contribution in [3.63, 3.8) is 0 Å². The minimum atomic E-state index is -1.05. The van der Waals surface area contributed by atoms with Gasteiger partial charge in [-0.2, -0.15) is 0 Å². The van der Waals surface area contributed by atoms with Crippen LogP contribution in [0.3, 0.4) is 0 Å². The molecule has 6 heteroatoms. The predicted molar refractivity (Wildman–Crippen MR) is 105 cm³/mol. The van der Waals surface area contributed by atoms with Crippen LogP contribution in [0.1, 0.15) is 27.6 Å². The zero-order valence-electron chi connectivity index (χ0n) is 15.5. The Bertz CT molecular complexity index is 1040. The van der Waals surface area contributed by atoms with Gasteiger partial charge in [0.05, 0.1) is 18.2 Å². The lowest BCUT2D eigenvalue weighted by atomic mass is 10.1. The van der Waals surface area contributed by atoms with E-state index in [0.717, 1.165) is 10.8 Å². The first-order valence-corrected chi connectivity index (χ1v) is 8.67. The molecule has 0 bridgehead atoms. The topological polar surface area (TPSA) is 81.7 Å². The van der Waals surface area contributed by atoms with Gasteiger partial charge in [0, 0.05) is 5.69 Å². The number of carbonyl (C=O) groups is 3. The molecule has 0 spiro atoms. The van der Waals surface area contributed by atoms with Gasteiger partial charge >= 0.3 is 11.9 Å². The number of esters is 2. The van der Waals surface area contributed by atoms with Gasteiger partial charge in [-0.1, -0.05) is 42.5 Å². The average Bonchev–Trinajstić information content (AvgIpc) is 2.72. The number of benzene rings is 3. The number of methoxy groups -OCH3 is 1. The van der Waals surface area contributed by atoms with E-state index in [4.69, 9.17) is 4.74 Å². The van der Waals surface area contributed by atoms with E-state index in [-0.39, 0.29) is 11.1 Å². The molecular formula is C22H19NO5. The molecule has 28 heavy (non-hydrogen) atoms. The second kappa shape index (κ2) is 8.35. The number of anilines is 1. The van der Waals surface area contributed by atoms with Crippen LogP contribution in [0, 0.1) is 0 Å². The third kappa shape index (κ3) is 4.17. The third-order valence-corrected chi connectivity index (χ3v) is 4.22. The lowest BCUT2D eigenvalue weighted by molar-refractivity contribution is -0.123. The molecule has 0 radical (unpaired) electrons. The lowest BCUT2D eigenvalue weighted by Gasteiger charge is -2.15. The maximum absolute atomic E-state index is 12.4. The van der Waals surface area contributed by atoms with Crippen LogP contribution in [-0.2, 0) is 14.3 Å². The minimum Gasteiger partial charge on any atom is -0.465 e. The van der Waals surface area contributed by atoms with Crippen LogP contribution in [0.15, 0.2) is 66.7 Å². The minimum absolute atomic E-state index is 0.0414. The zero-order chi connectivity index (χ0) is 20.1. The summed E-state index contributed by atoms with van der Waals surface area (Å²) in [4.78, 5) is 36.6. The molecule has 0 saturated carbocycles. The number of nitrogens with one attached hydrogen (secondary N) is 1. The van der Waals surface area contributed by atoms with Crippen LogP contribution < -0.4 is 5.32 Å². The lowest BCUT2D eigenvalue weighted by Crippen LogP contribution is -2.30. The van der Waals surface area contributed by atoms with Gasteiger partial charge in [-0.25, -0.2) is 9.59 Å². The van der Waals surface area contributed by atoms with Gasteiger partial charge in [-0.3, -0.25) is 4.79 Å². The van der Waals surface area contributed by atoms with Crippen LogP contribution in [0.5, 0.6) is 0 Å². The van der Waals surface area contributed by atoms with E-state index < -0.39 is 23.9 Å². The van der Waals surface area contributed by atoms with Crippen LogP contribution in [-0.4, -0.2) is 31.1 Å². The Morgan fingerprint density at radius 1 is 0.821 bits per heavy atom. The van der Waals surface area contributed by atoms with Crippen molar-refractivity contribution in [3.8, 4) is 0 Å². The fourth-order valence-electron chi connectivity index (χ4n) is 2.74. The summed E-state index contributed by atoms with van der Waals surface area (Å²) in [6, 6.07) is 19.4. The zero-order valence-corrected chi connectivity index (χ0v) is 15.5. The van der Waals surface area contributed by atoms with Crippen molar-refractivity contribution < 1.29 is 23.9 Å².